The highest BCUT2D eigenvalue weighted by atomic mass is 32.1. The Hall–Kier alpha value is -1.44. The van der Waals surface area contributed by atoms with Gasteiger partial charge in [0, 0.05) is 39.1 Å². The van der Waals surface area contributed by atoms with Gasteiger partial charge < -0.3 is 15.3 Å². The predicted octanol–water partition coefficient (Wildman–Crippen LogP) is 0.534. The van der Waals surface area contributed by atoms with Crippen LogP contribution in [-0.2, 0) is 4.79 Å². The van der Waals surface area contributed by atoms with Gasteiger partial charge in [-0.25, -0.2) is 0 Å². The number of piperazine rings is 1. The molecule has 0 radical (unpaired) electrons. The lowest BCUT2D eigenvalue weighted by Gasteiger charge is -2.39. The summed E-state index contributed by atoms with van der Waals surface area (Å²) in [4.78, 5) is 28.3. The highest BCUT2D eigenvalue weighted by Gasteiger charge is 2.40. The molecule has 3 atom stereocenters. The molecule has 2 amide bonds. The van der Waals surface area contributed by atoms with Crippen molar-refractivity contribution in [2.24, 2.45) is 0 Å². The van der Waals surface area contributed by atoms with Gasteiger partial charge in [-0.2, -0.15) is 0 Å². The van der Waals surface area contributed by atoms with Crippen molar-refractivity contribution >= 4 is 23.2 Å². The smallest absolute Gasteiger partial charge is 0.261 e. The van der Waals surface area contributed by atoms with Crippen LogP contribution >= 0.6 is 11.3 Å². The van der Waals surface area contributed by atoms with E-state index in [0.29, 0.717) is 18.0 Å². The van der Waals surface area contributed by atoms with Crippen molar-refractivity contribution in [3.05, 3.63) is 22.4 Å². The first-order valence-electron chi connectivity index (χ1n) is 8.08. The number of carbonyl (C=O) groups is 2. The van der Waals surface area contributed by atoms with Crippen LogP contribution < -0.4 is 5.32 Å². The van der Waals surface area contributed by atoms with Crippen LogP contribution in [0.3, 0.4) is 0 Å². The van der Waals surface area contributed by atoms with Gasteiger partial charge in [-0.1, -0.05) is 6.07 Å². The third-order valence-corrected chi connectivity index (χ3v) is 5.74. The summed E-state index contributed by atoms with van der Waals surface area (Å²) in [5, 5.41) is 15.4. The van der Waals surface area contributed by atoms with E-state index in [0.717, 1.165) is 25.9 Å². The Balaban J connectivity index is 1.54. The Morgan fingerprint density at radius 2 is 2.00 bits per heavy atom. The van der Waals surface area contributed by atoms with E-state index in [1.807, 2.05) is 16.3 Å². The number of nitrogens with zero attached hydrogens (tertiary/aromatic N) is 2. The Morgan fingerprint density at radius 1 is 1.26 bits per heavy atom. The van der Waals surface area contributed by atoms with E-state index in [1.165, 1.54) is 11.3 Å². The van der Waals surface area contributed by atoms with E-state index in [9.17, 15) is 14.7 Å². The third-order valence-electron chi connectivity index (χ3n) is 4.87. The fraction of sp³-hybridized carbons (Fsp3) is 0.625. The van der Waals surface area contributed by atoms with E-state index in [2.05, 4.69) is 10.2 Å². The molecule has 1 aliphatic carbocycles. The highest BCUT2D eigenvalue weighted by Crippen LogP contribution is 2.26. The molecule has 6 nitrogen and oxygen atoms in total. The SMILES string of the molecule is CC(=O)N1CCN([C@@H]2CC[C@@H](NC(=O)c3cccs3)[C@H]2O)CC1. The molecule has 0 aromatic carbocycles. The summed E-state index contributed by atoms with van der Waals surface area (Å²) in [6.07, 6.45) is 1.11. The summed E-state index contributed by atoms with van der Waals surface area (Å²) in [6, 6.07) is 3.51. The molecule has 1 saturated heterocycles. The standard InChI is InChI=1S/C16H23N3O3S/c1-11(20)18-6-8-19(9-7-18)13-5-4-12(15(13)21)17-16(22)14-3-2-10-23-14/h2-3,10,12-13,15,21H,4-9H2,1H3,(H,17,22)/t12-,13-,15-/m1/s1. The normalized spacial score (nSPS) is 28.8. The molecular weight excluding hydrogens is 314 g/mol. The van der Waals surface area contributed by atoms with Crippen LogP contribution in [0.2, 0.25) is 0 Å². The van der Waals surface area contributed by atoms with Gasteiger partial charge in [-0.3, -0.25) is 14.5 Å². The van der Waals surface area contributed by atoms with Crippen LogP contribution in [-0.4, -0.2) is 71.1 Å². The van der Waals surface area contributed by atoms with Crippen molar-refractivity contribution in [3.63, 3.8) is 0 Å². The fourth-order valence-corrected chi connectivity index (χ4v) is 4.16. The second-order valence-electron chi connectivity index (χ2n) is 6.23. The van der Waals surface area contributed by atoms with Crippen molar-refractivity contribution in [1.29, 1.82) is 0 Å². The predicted molar refractivity (Wildman–Crippen MR) is 88.4 cm³/mol. The van der Waals surface area contributed by atoms with E-state index in [1.54, 1.807) is 13.0 Å². The van der Waals surface area contributed by atoms with Gasteiger partial charge in [0.05, 0.1) is 17.0 Å². The van der Waals surface area contributed by atoms with Crippen LogP contribution in [0.1, 0.15) is 29.4 Å². The minimum absolute atomic E-state index is 0.0674. The zero-order valence-electron chi connectivity index (χ0n) is 13.3. The average molecular weight is 337 g/mol. The minimum Gasteiger partial charge on any atom is -0.389 e. The van der Waals surface area contributed by atoms with Crippen molar-refractivity contribution in [2.75, 3.05) is 26.2 Å². The zero-order chi connectivity index (χ0) is 16.4. The summed E-state index contributed by atoms with van der Waals surface area (Å²) < 4.78 is 0. The van der Waals surface area contributed by atoms with Crippen LogP contribution in [0.15, 0.2) is 17.5 Å². The quantitative estimate of drug-likeness (QED) is 0.844. The molecule has 23 heavy (non-hydrogen) atoms. The van der Waals surface area contributed by atoms with Crippen molar-refractivity contribution in [3.8, 4) is 0 Å². The highest BCUT2D eigenvalue weighted by molar-refractivity contribution is 7.12. The molecule has 0 unspecified atom stereocenters. The molecule has 0 bridgehead atoms. The lowest BCUT2D eigenvalue weighted by Crippen LogP contribution is -2.55. The van der Waals surface area contributed by atoms with Crippen LogP contribution in [0.25, 0.3) is 0 Å². The Labute approximate surface area is 140 Å². The molecule has 1 aromatic heterocycles. The van der Waals surface area contributed by atoms with Gasteiger partial charge in [-0.05, 0) is 24.3 Å². The minimum atomic E-state index is -0.553. The number of carbonyl (C=O) groups excluding carboxylic acids is 2. The van der Waals surface area contributed by atoms with Gasteiger partial charge in [0.15, 0.2) is 0 Å². The van der Waals surface area contributed by atoms with Gasteiger partial charge in [0.1, 0.15) is 0 Å². The zero-order valence-corrected chi connectivity index (χ0v) is 14.1. The molecule has 3 rings (SSSR count). The van der Waals surface area contributed by atoms with Crippen LogP contribution in [0, 0.1) is 0 Å². The number of hydrogen-bond acceptors (Lipinski definition) is 5. The molecule has 0 spiro atoms. The van der Waals surface area contributed by atoms with Crippen LogP contribution in [0.4, 0.5) is 0 Å². The second kappa shape index (κ2) is 6.98. The molecule has 2 fully saturated rings. The third kappa shape index (κ3) is 3.57. The van der Waals surface area contributed by atoms with E-state index in [4.69, 9.17) is 0 Å². The second-order valence-corrected chi connectivity index (χ2v) is 7.18. The molecular formula is C16H23N3O3S. The summed E-state index contributed by atoms with van der Waals surface area (Å²) >= 11 is 1.41. The summed E-state index contributed by atoms with van der Waals surface area (Å²) in [7, 11) is 0. The molecule has 2 heterocycles. The van der Waals surface area contributed by atoms with E-state index >= 15 is 0 Å². The maximum absolute atomic E-state index is 12.1. The molecule has 1 saturated carbocycles. The number of aliphatic hydroxyl groups is 1. The van der Waals surface area contributed by atoms with Gasteiger partial charge in [-0.15, -0.1) is 11.3 Å². The van der Waals surface area contributed by atoms with Crippen molar-refractivity contribution in [2.45, 2.75) is 38.0 Å². The summed E-state index contributed by atoms with van der Waals surface area (Å²) in [5.41, 5.74) is 0. The number of amides is 2. The molecule has 1 aliphatic heterocycles. The molecule has 1 aromatic rings. The van der Waals surface area contributed by atoms with E-state index in [-0.39, 0.29) is 23.9 Å². The summed E-state index contributed by atoms with van der Waals surface area (Å²) in [5.74, 6) is 0.00353. The number of nitrogens with one attached hydrogen (secondary N) is 1. The number of hydrogen-bond donors (Lipinski definition) is 2. The van der Waals surface area contributed by atoms with Gasteiger partial charge in [0.25, 0.3) is 5.91 Å². The Kier molecular flexibility index (Phi) is 4.99. The lowest BCUT2D eigenvalue weighted by atomic mass is 10.1. The first-order valence-corrected chi connectivity index (χ1v) is 8.96. The number of thiophene rings is 1. The fourth-order valence-electron chi connectivity index (χ4n) is 3.53. The van der Waals surface area contributed by atoms with Gasteiger partial charge >= 0.3 is 0 Å². The number of rotatable bonds is 3. The first kappa shape index (κ1) is 16.4. The molecule has 2 aliphatic rings. The molecule has 7 heteroatoms. The van der Waals surface area contributed by atoms with Crippen molar-refractivity contribution in [1.82, 2.24) is 15.1 Å². The maximum Gasteiger partial charge on any atom is 0.261 e. The monoisotopic (exact) mass is 337 g/mol. The lowest BCUT2D eigenvalue weighted by molar-refractivity contribution is -0.131. The largest absolute Gasteiger partial charge is 0.389 e. The maximum atomic E-state index is 12.1. The van der Waals surface area contributed by atoms with Gasteiger partial charge in [0.2, 0.25) is 5.91 Å². The average Bonchev–Trinajstić information content (AvgIpc) is 3.19. The molecule has 126 valence electrons. The topological polar surface area (TPSA) is 72.9 Å². The van der Waals surface area contributed by atoms with Crippen molar-refractivity contribution < 1.29 is 14.7 Å². The number of aliphatic hydroxyl groups excluding tert-OH is 1. The Bertz CT molecular complexity index is 555. The Morgan fingerprint density at radius 3 is 2.61 bits per heavy atom. The summed E-state index contributed by atoms with van der Waals surface area (Å²) in [6.45, 7) is 4.59. The van der Waals surface area contributed by atoms with E-state index < -0.39 is 6.10 Å². The first-order chi connectivity index (χ1) is 11.1. The van der Waals surface area contributed by atoms with Crippen LogP contribution in [0.5, 0.6) is 0 Å². The molecule has 2 N–H and O–H groups in total.